The van der Waals surface area contributed by atoms with Crippen LogP contribution < -0.4 is 5.43 Å². The number of nitro benzene ring substituents is 2. The number of nitrogens with one attached hydrogen (secondary N) is 1. The van der Waals surface area contributed by atoms with E-state index in [1.54, 1.807) is 6.92 Å². The Labute approximate surface area is 100 Å². The second-order valence-corrected chi connectivity index (χ2v) is 2.79. The second kappa shape index (κ2) is 5.54. The predicted molar refractivity (Wildman–Crippen MR) is 62.2 cm³/mol. The highest BCUT2D eigenvalue weighted by Crippen LogP contribution is 2.28. The Morgan fingerprint density at radius 1 is 1.47 bits per heavy atom. The van der Waals surface area contributed by atoms with Gasteiger partial charge in [0.15, 0.2) is 0 Å². The van der Waals surface area contributed by atoms with Crippen LogP contribution in [0.3, 0.4) is 0 Å². The fourth-order valence-electron chi connectivity index (χ4n) is 0.897. The quantitative estimate of drug-likeness (QED) is 0.483. The number of hydrogen-bond donors (Lipinski definition) is 1. The first-order valence-electron chi connectivity index (χ1n) is 6.02. The zero-order valence-electron chi connectivity index (χ0n) is 11.8. The summed E-state index contributed by atoms with van der Waals surface area (Å²) < 4.78 is 22.5. The molecular formula is C9H10N4O4. The van der Waals surface area contributed by atoms with Crippen molar-refractivity contribution >= 4 is 23.3 Å². The van der Waals surface area contributed by atoms with Crippen LogP contribution in [0.4, 0.5) is 17.1 Å². The number of nitrogens with zero attached hydrogens (tertiary/aromatic N) is 3. The molecule has 0 amide bonds. The van der Waals surface area contributed by atoms with Crippen LogP contribution in [0.15, 0.2) is 23.2 Å². The Hall–Kier alpha value is -2.51. The van der Waals surface area contributed by atoms with Gasteiger partial charge >= 0.3 is 5.69 Å². The molecule has 1 aromatic rings. The molecule has 0 spiro atoms. The van der Waals surface area contributed by atoms with Crippen molar-refractivity contribution in [3.05, 3.63) is 38.4 Å². The average molecular weight is 241 g/mol. The van der Waals surface area contributed by atoms with Crippen molar-refractivity contribution < 1.29 is 14.0 Å². The average Bonchev–Trinajstić information content (AvgIpc) is 2.34. The van der Waals surface area contributed by atoms with Crippen LogP contribution in [0.5, 0.6) is 0 Å². The first kappa shape index (κ1) is 8.62. The van der Waals surface area contributed by atoms with Crippen LogP contribution in [-0.4, -0.2) is 16.1 Å². The van der Waals surface area contributed by atoms with Crippen molar-refractivity contribution in [2.24, 2.45) is 5.10 Å². The number of rotatable bonds is 5. The third kappa shape index (κ3) is 3.23. The molecule has 0 unspecified atom stereocenters. The number of nitro groups is 2. The summed E-state index contributed by atoms with van der Waals surface area (Å²) in [7, 11) is 0. The first-order chi connectivity index (χ1) is 9.32. The van der Waals surface area contributed by atoms with Gasteiger partial charge in [-0.1, -0.05) is 6.92 Å². The molecule has 8 heteroatoms. The molecule has 0 aliphatic carbocycles. The zero-order chi connectivity index (χ0) is 15.4. The van der Waals surface area contributed by atoms with Gasteiger partial charge in [-0.15, -0.1) is 0 Å². The van der Waals surface area contributed by atoms with Crippen LogP contribution in [0.2, 0.25) is 0 Å². The van der Waals surface area contributed by atoms with Crippen LogP contribution in [0, 0.1) is 20.2 Å². The monoisotopic (exact) mass is 241 g/mol. The minimum atomic E-state index is -1.09. The van der Waals surface area contributed by atoms with Crippen molar-refractivity contribution in [2.45, 2.75) is 13.3 Å². The van der Waals surface area contributed by atoms with Crippen molar-refractivity contribution in [3.8, 4) is 0 Å². The van der Waals surface area contributed by atoms with Crippen LogP contribution in [-0.2, 0) is 0 Å². The molecule has 0 aromatic heterocycles. The van der Waals surface area contributed by atoms with E-state index >= 15 is 0 Å². The molecule has 1 N–H and O–H groups in total. The van der Waals surface area contributed by atoms with Gasteiger partial charge in [0, 0.05) is 12.3 Å². The summed E-state index contributed by atoms with van der Waals surface area (Å²) in [5, 5.41) is 25.3. The molecule has 0 saturated heterocycles. The number of hydrazone groups is 1. The van der Waals surface area contributed by atoms with E-state index in [0.717, 1.165) is 0 Å². The third-order valence-electron chi connectivity index (χ3n) is 1.59. The van der Waals surface area contributed by atoms with E-state index in [9.17, 15) is 20.2 Å². The van der Waals surface area contributed by atoms with Gasteiger partial charge in [0.25, 0.3) is 5.69 Å². The molecule has 0 aliphatic rings. The summed E-state index contributed by atoms with van der Waals surface area (Å²) in [6, 6.07) is -2.66. The lowest BCUT2D eigenvalue weighted by molar-refractivity contribution is -0.393. The fourth-order valence-corrected chi connectivity index (χ4v) is 0.897. The molecule has 0 heterocycles. The Kier molecular flexibility index (Phi) is 2.81. The summed E-state index contributed by atoms with van der Waals surface area (Å²) in [5.41, 5.74) is -0.354. The van der Waals surface area contributed by atoms with E-state index in [2.05, 4.69) is 10.5 Å². The second-order valence-electron chi connectivity index (χ2n) is 2.79. The highest BCUT2D eigenvalue weighted by atomic mass is 16.6. The van der Waals surface area contributed by atoms with E-state index in [1.165, 1.54) is 6.21 Å². The summed E-state index contributed by atoms with van der Waals surface area (Å²) in [4.78, 5) is 19.6. The van der Waals surface area contributed by atoms with Crippen molar-refractivity contribution in [1.29, 1.82) is 0 Å². The summed E-state index contributed by atoms with van der Waals surface area (Å²) in [6.07, 6.45) is 1.88. The molecular weight excluding hydrogens is 228 g/mol. The molecule has 1 rings (SSSR count). The molecule has 90 valence electrons. The van der Waals surface area contributed by atoms with Gasteiger partial charge in [-0.25, -0.2) is 0 Å². The largest absolute Gasteiger partial charge is 0.301 e. The van der Waals surface area contributed by atoms with E-state index in [-0.39, 0.29) is 0 Å². The molecule has 0 fully saturated rings. The third-order valence-corrected chi connectivity index (χ3v) is 1.59. The maximum absolute atomic E-state index is 10.9. The molecule has 0 radical (unpaired) electrons. The Balaban J connectivity index is 3.62. The van der Waals surface area contributed by atoms with E-state index in [4.69, 9.17) is 4.11 Å². The normalized spacial score (nSPS) is 12.9. The van der Waals surface area contributed by atoms with E-state index in [0.29, 0.717) is 6.42 Å². The Bertz CT molecular complexity index is 606. The Morgan fingerprint density at radius 2 is 2.18 bits per heavy atom. The first-order valence-corrected chi connectivity index (χ1v) is 4.52. The molecule has 0 bridgehead atoms. The van der Waals surface area contributed by atoms with Gasteiger partial charge in [-0.3, -0.25) is 25.7 Å². The highest BCUT2D eigenvalue weighted by Gasteiger charge is 2.18. The van der Waals surface area contributed by atoms with E-state index in [1.807, 2.05) is 0 Å². The number of hydrogen-bond acceptors (Lipinski definition) is 6. The van der Waals surface area contributed by atoms with Crippen LogP contribution >= 0.6 is 0 Å². The van der Waals surface area contributed by atoms with Gasteiger partial charge in [-0.05, 0) is 12.5 Å². The minimum Gasteiger partial charge on any atom is -0.272 e. The number of anilines is 1. The van der Waals surface area contributed by atoms with Crippen molar-refractivity contribution in [3.63, 3.8) is 0 Å². The molecule has 0 atom stereocenters. The van der Waals surface area contributed by atoms with Crippen molar-refractivity contribution in [2.75, 3.05) is 5.43 Å². The van der Waals surface area contributed by atoms with Gasteiger partial charge in [0.05, 0.1) is 20.0 Å². The van der Waals surface area contributed by atoms with Gasteiger partial charge in [-0.2, -0.15) is 5.10 Å². The van der Waals surface area contributed by atoms with Crippen LogP contribution in [0.25, 0.3) is 0 Å². The fraction of sp³-hybridized carbons (Fsp3) is 0.222. The topological polar surface area (TPSA) is 111 Å². The summed E-state index contributed by atoms with van der Waals surface area (Å²) in [6.45, 7) is 1.75. The maximum atomic E-state index is 10.9. The van der Waals surface area contributed by atoms with Gasteiger partial charge in [0.2, 0.25) is 0 Å². The summed E-state index contributed by atoms with van der Waals surface area (Å²) in [5.74, 6) is 0. The molecule has 0 aliphatic heterocycles. The Morgan fingerprint density at radius 3 is 2.71 bits per heavy atom. The number of benzene rings is 1. The zero-order valence-corrected chi connectivity index (χ0v) is 8.76. The van der Waals surface area contributed by atoms with Gasteiger partial charge in [0.1, 0.15) is 5.69 Å². The predicted octanol–water partition coefficient (Wildman–Crippen LogP) is 2.31. The molecule has 8 nitrogen and oxygen atoms in total. The SMILES string of the molecule is [2H]c1c([2H])c([N+](=O)[O-])c([2H])c([N+](=O)[O-])c1N/N=C/CC. The van der Waals surface area contributed by atoms with Crippen molar-refractivity contribution in [1.82, 2.24) is 0 Å². The minimum absolute atomic E-state index is 0.514. The lowest BCUT2D eigenvalue weighted by atomic mass is 10.2. The van der Waals surface area contributed by atoms with Crippen LogP contribution in [0.1, 0.15) is 17.5 Å². The highest BCUT2D eigenvalue weighted by molar-refractivity contribution is 5.67. The smallest absolute Gasteiger partial charge is 0.272 e. The lowest BCUT2D eigenvalue weighted by Crippen LogP contribution is -1.98. The molecule has 1 aromatic carbocycles. The molecule has 17 heavy (non-hydrogen) atoms. The maximum Gasteiger partial charge on any atom is 0.301 e. The lowest BCUT2D eigenvalue weighted by Gasteiger charge is -2.01. The standard InChI is InChI=1S/C9H10N4O4/c1-2-5-10-11-8-4-3-7(12(14)15)6-9(8)13(16)17/h3-6,11H,2H2,1H3/b10-5+/i3D,4D,6D. The van der Waals surface area contributed by atoms with E-state index < -0.39 is 45.0 Å². The van der Waals surface area contributed by atoms with Gasteiger partial charge < -0.3 is 0 Å². The molecule has 0 saturated carbocycles. The summed E-state index contributed by atoms with van der Waals surface area (Å²) >= 11 is 0.